The fourth-order valence-electron chi connectivity index (χ4n) is 2.05. The average Bonchev–Trinajstić information content (AvgIpc) is 2.62. The van der Waals surface area contributed by atoms with Gasteiger partial charge in [-0.2, -0.15) is 5.10 Å². The van der Waals surface area contributed by atoms with E-state index in [2.05, 4.69) is 10.5 Å². The Labute approximate surface area is 148 Å². The molecule has 26 heavy (non-hydrogen) atoms. The maximum Gasteiger partial charge on any atom is 0.308 e. The topological polar surface area (TPSA) is 120 Å². The summed E-state index contributed by atoms with van der Waals surface area (Å²) in [7, 11) is 1.42. The number of nitrogens with one attached hydrogen (secondary N) is 1. The van der Waals surface area contributed by atoms with E-state index in [1.54, 1.807) is 12.1 Å². The smallest absolute Gasteiger partial charge is 0.308 e. The van der Waals surface area contributed by atoms with Gasteiger partial charge < -0.3 is 9.47 Å². The zero-order chi connectivity index (χ0) is 19.1. The molecule has 0 aliphatic heterocycles. The lowest BCUT2D eigenvalue weighted by Gasteiger charge is -2.08. The summed E-state index contributed by atoms with van der Waals surface area (Å²) in [6, 6.07) is 10.2. The van der Waals surface area contributed by atoms with Crippen molar-refractivity contribution < 1.29 is 24.0 Å². The Morgan fingerprint density at radius 3 is 2.58 bits per heavy atom. The fraction of sp³-hybridized carbons (Fsp3) is 0.118. The van der Waals surface area contributed by atoms with Crippen molar-refractivity contribution in [3.05, 3.63) is 63.7 Å². The summed E-state index contributed by atoms with van der Waals surface area (Å²) in [5.74, 6) is -0.631. The number of nitro groups is 1. The molecule has 2 rings (SSSR count). The van der Waals surface area contributed by atoms with E-state index >= 15 is 0 Å². The number of hydrogen-bond donors (Lipinski definition) is 1. The van der Waals surface area contributed by atoms with Crippen molar-refractivity contribution in [2.75, 3.05) is 7.11 Å². The van der Waals surface area contributed by atoms with Gasteiger partial charge in [0, 0.05) is 13.0 Å². The number of para-hydroxylation sites is 1. The minimum atomic E-state index is -0.711. The highest BCUT2D eigenvalue weighted by molar-refractivity contribution is 5.98. The molecule has 0 aliphatic carbocycles. The standard InChI is InChI=1S/C17H15N3O6/c1-11(21)26-15-8-7-12(9-16(15)25-2)10-18-19-17(22)13-5-3-4-6-14(13)20(23)24/h3-10H,1-2H3,(H,19,22)/b18-10-. The van der Waals surface area contributed by atoms with Gasteiger partial charge in [-0.3, -0.25) is 19.7 Å². The number of carbonyl (C=O) groups is 2. The monoisotopic (exact) mass is 357 g/mol. The first kappa shape index (κ1) is 18.6. The van der Waals surface area contributed by atoms with E-state index in [9.17, 15) is 19.7 Å². The number of hydrazone groups is 1. The van der Waals surface area contributed by atoms with Gasteiger partial charge in [-0.1, -0.05) is 12.1 Å². The highest BCUT2D eigenvalue weighted by atomic mass is 16.6. The van der Waals surface area contributed by atoms with Crippen LogP contribution in [-0.2, 0) is 4.79 Å². The van der Waals surface area contributed by atoms with E-state index in [-0.39, 0.29) is 17.0 Å². The van der Waals surface area contributed by atoms with Gasteiger partial charge >= 0.3 is 5.97 Å². The molecule has 9 heteroatoms. The van der Waals surface area contributed by atoms with Crippen molar-refractivity contribution in [2.45, 2.75) is 6.92 Å². The molecule has 2 aromatic rings. The number of nitrogens with zero attached hydrogens (tertiary/aromatic N) is 2. The molecule has 0 fully saturated rings. The van der Waals surface area contributed by atoms with Crippen LogP contribution in [0.1, 0.15) is 22.8 Å². The summed E-state index contributed by atoms with van der Waals surface area (Å²) in [5.41, 5.74) is 2.37. The molecular formula is C17H15N3O6. The molecule has 1 N–H and O–H groups in total. The lowest BCUT2D eigenvalue weighted by atomic mass is 10.2. The van der Waals surface area contributed by atoms with Crippen LogP contribution in [0.15, 0.2) is 47.6 Å². The van der Waals surface area contributed by atoms with Gasteiger partial charge in [-0.25, -0.2) is 5.43 Å². The summed E-state index contributed by atoms with van der Waals surface area (Å²) >= 11 is 0. The number of rotatable bonds is 6. The van der Waals surface area contributed by atoms with Crippen molar-refractivity contribution in [3.63, 3.8) is 0 Å². The molecular weight excluding hydrogens is 342 g/mol. The van der Waals surface area contributed by atoms with Gasteiger partial charge in [0.1, 0.15) is 5.56 Å². The van der Waals surface area contributed by atoms with Gasteiger partial charge in [-0.15, -0.1) is 0 Å². The highest BCUT2D eigenvalue weighted by Gasteiger charge is 2.18. The molecule has 0 aromatic heterocycles. The summed E-state index contributed by atoms with van der Waals surface area (Å²) < 4.78 is 10.1. The third-order valence-electron chi connectivity index (χ3n) is 3.17. The third kappa shape index (κ3) is 4.63. The molecule has 0 radical (unpaired) electrons. The summed E-state index contributed by atoms with van der Waals surface area (Å²) in [5, 5.41) is 14.7. The van der Waals surface area contributed by atoms with E-state index in [0.29, 0.717) is 11.3 Å². The van der Waals surface area contributed by atoms with Crippen LogP contribution in [0.5, 0.6) is 11.5 Å². The van der Waals surface area contributed by atoms with Crippen molar-refractivity contribution in [1.82, 2.24) is 5.43 Å². The van der Waals surface area contributed by atoms with E-state index < -0.39 is 16.8 Å². The molecule has 134 valence electrons. The van der Waals surface area contributed by atoms with Crippen molar-refractivity contribution in [2.24, 2.45) is 5.10 Å². The number of carbonyl (C=O) groups excluding carboxylic acids is 2. The molecule has 0 saturated heterocycles. The zero-order valence-corrected chi connectivity index (χ0v) is 14.0. The molecule has 0 heterocycles. The maximum atomic E-state index is 12.0. The van der Waals surface area contributed by atoms with Gasteiger partial charge in [0.15, 0.2) is 11.5 Å². The zero-order valence-electron chi connectivity index (χ0n) is 14.0. The Balaban J connectivity index is 2.12. The molecule has 0 saturated carbocycles. The normalized spacial score (nSPS) is 10.4. The van der Waals surface area contributed by atoms with E-state index in [0.717, 1.165) is 0 Å². The first-order valence-electron chi connectivity index (χ1n) is 7.35. The maximum absolute atomic E-state index is 12.0. The minimum Gasteiger partial charge on any atom is -0.493 e. The summed E-state index contributed by atoms with van der Waals surface area (Å²) in [6.07, 6.45) is 1.33. The minimum absolute atomic E-state index is 0.0996. The van der Waals surface area contributed by atoms with E-state index in [4.69, 9.17) is 9.47 Å². The molecule has 9 nitrogen and oxygen atoms in total. The lowest BCUT2D eigenvalue weighted by molar-refractivity contribution is -0.385. The number of esters is 1. The lowest BCUT2D eigenvalue weighted by Crippen LogP contribution is -2.18. The highest BCUT2D eigenvalue weighted by Crippen LogP contribution is 2.27. The number of ether oxygens (including phenoxy) is 2. The predicted octanol–water partition coefficient (Wildman–Crippen LogP) is 2.29. The van der Waals surface area contributed by atoms with Crippen LogP contribution in [0.25, 0.3) is 0 Å². The molecule has 1 amide bonds. The number of nitro benzene ring substituents is 1. The second-order valence-electron chi connectivity index (χ2n) is 4.98. The van der Waals surface area contributed by atoms with E-state index in [1.165, 1.54) is 50.6 Å². The Morgan fingerprint density at radius 2 is 1.92 bits per heavy atom. The first-order valence-corrected chi connectivity index (χ1v) is 7.35. The third-order valence-corrected chi connectivity index (χ3v) is 3.17. The summed E-state index contributed by atoms with van der Waals surface area (Å²) in [4.78, 5) is 33.4. The second kappa shape index (κ2) is 8.38. The number of amides is 1. The average molecular weight is 357 g/mol. The van der Waals surface area contributed by atoms with Crippen LogP contribution in [0.2, 0.25) is 0 Å². The van der Waals surface area contributed by atoms with Crippen LogP contribution in [0.4, 0.5) is 5.69 Å². The molecule has 0 spiro atoms. The van der Waals surface area contributed by atoms with Crippen molar-refractivity contribution >= 4 is 23.8 Å². The van der Waals surface area contributed by atoms with Gasteiger partial charge in [-0.05, 0) is 29.8 Å². The van der Waals surface area contributed by atoms with Gasteiger partial charge in [0.2, 0.25) is 0 Å². The molecule has 0 aliphatic rings. The van der Waals surface area contributed by atoms with Crippen LogP contribution in [0.3, 0.4) is 0 Å². The van der Waals surface area contributed by atoms with Crippen LogP contribution in [-0.4, -0.2) is 30.1 Å². The van der Waals surface area contributed by atoms with Crippen molar-refractivity contribution in [1.29, 1.82) is 0 Å². The number of methoxy groups -OCH3 is 1. The number of hydrogen-bond acceptors (Lipinski definition) is 7. The molecule has 0 bridgehead atoms. The second-order valence-corrected chi connectivity index (χ2v) is 4.98. The predicted molar refractivity (Wildman–Crippen MR) is 92.5 cm³/mol. The molecule has 0 atom stereocenters. The Bertz CT molecular complexity index is 879. The largest absolute Gasteiger partial charge is 0.493 e. The molecule has 0 unspecified atom stereocenters. The first-order chi connectivity index (χ1) is 12.4. The van der Waals surface area contributed by atoms with Crippen LogP contribution in [0, 0.1) is 10.1 Å². The number of benzene rings is 2. The quantitative estimate of drug-likeness (QED) is 0.278. The summed E-state index contributed by atoms with van der Waals surface area (Å²) in [6.45, 7) is 1.27. The SMILES string of the molecule is COc1cc(/C=N\NC(=O)c2ccccc2[N+](=O)[O-])ccc1OC(C)=O. The van der Waals surface area contributed by atoms with Gasteiger partial charge in [0.05, 0.1) is 18.2 Å². The van der Waals surface area contributed by atoms with Crippen LogP contribution >= 0.6 is 0 Å². The Kier molecular flexibility index (Phi) is 5.99. The Hall–Kier alpha value is -3.75. The Morgan fingerprint density at radius 1 is 1.19 bits per heavy atom. The fourth-order valence-corrected chi connectivity index (χ4v) is 2.05. The van der Waals surface area contributed by atoms with Gasteiger partial charge in [0.25, 0.3) is 11.6 Å². The van der Waals surface area contributed by atoms with E-state index in [1.807, 2.05) is 0 Å². The molecule has 2 aromatic carbocycles. The van der Waals surface area contributed by atoms with Crippen LogP contribution < -0.4 is 14.9 Å². The van der Waals surface area contributed by atoms with Crippen molar-refractivity contribution in [3.8, 4) is 11.5 Å².